The Hall–Kier alpha value is -1.91. The third kappa shape index (κ3) is 2.73. The van der Waals surface area contributed by atoms with Crippen LogP contribution in [0.3, 0.4) is 0 Å². The number of hydrogen-bond acceptors (Lipinski definition) is 4. The number of pyridine rings is 1. The van der Waals surface area contributed by atoms with Gasteiger partial charge in [-0.1, -0.05) is 18.2 Å². The maximum absolute atomic E-state index is 6.33. The highest BCUT2D eigenvalue weighted by Crippen LogP contribution is 2.42. The quantitative estimate of drug-likeness (QED) is 0.867. The lowest BCUT2D eigenvalue weighted by Gasteiger charge is -2.39. The first-order valence-electron chi connectivity index (χ1n) is 8.06. The molecule has 1 aliphatic rings. The van der Waals surface area contributed by atoms with Crippen LogP contribution in [0.1, 0.15) is 30.7 Å². The molecule has 4 nitrogen and oxygen atoms in total. The lowest BCUT2D eigenvalue weighted by molar-refractivity contribution is -0.0683. The smallest absolute Gasteiger partial charge is 0.191 e. The molecule has 0 bridgehead atoms. The topological polar surface area (TPSA) is 34.6 Å². The maximum Gasteiger partial charge on any atom is 0.191 e. The van der Waals surface area contributed by atoms with E-state index in [4.69, 9.17) is 9.47 Å². The lowest BCUT2D eigenvalue weighted by Crippen LogP contribution is -2.47. The summed E-state index contributed by atoms with van der Waals surface area (Å²) in [6, 6.07) is 12.6. The third-order valence-corrected chi connectivity index (χ3v) is 4.39. The van der Waals surface area contributed by atoms with Gasteiger partial charge in [0.1, 0.15) is 5.75 Å². The summed E-state index contributed by atoms with van der Waals surface area (Å²) in [5, 5.41) is 0. The molecular formula is C19H24N2O2. The Bertz CT molecular complexity index is 669. The molecule has 1 atom stereocenters. The van der Waals surface area contributed by atoms with Gasteiger partial charge in [0.25, 0.3) is 0 Å². The van der Waals surface area contributed by atoms with E-state index in [-0.39, 0.29) is 0 Å². The minimum absolute atomic E-state index is 0.340. The average Bonchev–Trinajstić information content (AvgIpc) is 3.02. The summed E-state index contributed by atoms with van der Waals surface area (Å²) in [6.07, 6.45) is 1.90. The van der Waals surface area contributed by atoms with Gasteiger partial charge in [-0.25, -0.2) is 0 Å². The number of aryl methyl sites for hydroxylation is 1. The van der Waals surface area contributed by atoms with E-state index in [0.717, 1.165) is 29.1 Å². The lowest BCUT2D eigenvalue weighted by atomic mass is 9.95. The molecule has 2 heterocycles. The van der Waals surface area contributed by atoms with E-state index in [1.807, 2.05) is 31.3 Å². The highest BCUT2D eigenvalue weighted by atomic mass is 16.5. The Balaban J connectivity index is 2.19. The van der Waals surface area contributed by atoms with Gasteiger partial charge in [0.2, 0.25) is 0 Å². The van der Waals surface area contributed by atoms with Crippen LogP contribution >= 0.6 is 0 Å². The summed E-state index contributed by atoms with van der Waals surface area (Å²) in [7, 11) is 1.69. The Morgan fingerprint density at radius 1 is 1.26 bits per heavy atom. The molecule has 122 valence electrons. The molecule has 2 aromatic rings. The summed E-state index contributed by atoms with van der Waals surface area (Å²) in [4.78, 5) is 7.05. The van der Waals surface area contributed by atoms with Crippen molar-refractivity contribution in [3.05, 3.63) is 59.4 Å². The number of benzene rings is 1. The van der Waals surface area contributed by atoms with Crippen LogP contribution in [-0.4, -0.2) is 36.2 Å². The fourth-order valence-electron chi connectivity index (χ4n) is 3.27. The van der Waals surface area contributed by atoms with Gasteiger partial charge in [-0.05, 0) is 44.5 Å². The summed E-state index contributed by atoms with van der Waals surface area (Å²) < 4.78 is 11.7. The van der Waals surface area contributed by atoms with Gasteiger partial charge in [0, 0.05) is 24.3 Å². The van der Waals surface area contributed by atoms with Crippen molar-refractivity contribution in [2.45, 2.75) is 32.5 Å². The van der Waals surface area contributed by atoms with E-state index in [1.54, 1.807) is 7.11 Å². The van der Waals surface area contributed by atoms with Crippen LogP contribution in [0.15, 0.2) is 42.6 Å². The van der Waals surface area contributed by atoms with Crippen molar-refractivity contribution < 1.29 is 9.47 Å². The molecule has 0 saturated carbocycles. The second kappa shape index (κ2) is 6.30. The average molecular weight is 312 g/mol. The molecule has 1 unspecified atom stereocenters. The summed E-state index contributed by atoms with van der Waals surface area (Å²) in [5.74, 6) is 0.827. The number of aromatic nitrogens is 1. The Morgan fingerprint density at radius 3 is 2.74 bits per heavy atom. The zero-order chi connectivity index (χ0) is 16.4. The molecule has 0 amide bonds. The van der Waals surface area contributed by atoms with Crippen LogP contribution in [-0.2, 0) is 10.5 Å². The highest BCUT2D eigenvalue weighted by Gasteiger charge is 2.48. The normalized spacial score (nSPS) is 21.8. The Kier molecular flexibility index (Phi) is 4.37. The number of nitrogens with zero attached hydrogens (tertiary/aromatic N) is 2. The Labute approximate surface area is 138 Å². The molecule has 4 heteroatoms. The molecule has 1 fully saturated rings. The maximum atomic E-state index is 6.33. The van der Waals surface area contributed by atoms with Gasteiger partial charge in [0.15, 0.2) is 5.72 Å². The third-order valence-electron chi connectivity index (χ3n) is 4.39. The van der Waals surface area contributed by atoms with E-state index in [1.165, 1.54) is 0 Å². The van der Waals surface area contributed by atoms with Gasteiger partial charge in [0.05, 0.1) is 19.4 Å². The van der Waals surface area contributed by atoms with Crippen LogP contribution in [0.5, 0.6) is 5.75 Å². The molecule has 1 aromatic carbocycles. The van der Waals surface area contributed by atoms with Crippen LogP contribution in [0.25, 0.3) is 0 Å². The van der Waals surface area contributed by atoms with E-state index >= 15 is 0 Å². The van der Waals surface area contributed by atoms with E-state index < -0.39 is 5.72 Å². The van der Waals surface area contributed by atoms with Crippen molar-refractivity contribution in [2.24, 2.45) is 0 Å². The molecule has 0 radical (unpaired) electrons. The predicted molar refractivity (Wildman–Crippen MR) is 90.5 cm³/mol. The van der Waals surface area contributed by atoms with Gasteiger partial charge in [-0.15, -0.1) is 0 Å². The fourth-order valence-corrected chi connectivity index (χ4v) is 3.27. The minimum Gasteiger partial charge on any atom is -0.497 e. The second-order valence-electron chi connectivity index (χ2n) is 6.23. The second-order valence-corrected chi connectivity index (χ2v) is 6.23. The first-order valence-corrected chi connectivity index (χ1v) is 8.06. The summed E-state index contributed by atoms with van der Waals surface area (Å²) in [6.45, 7) is 8.00. The number of ether oxygens (including phenoxy) is 2. The van der Waals surface area contributed by atoms with Crippen molar-refractivity contribution in [1.82, 2.24) is 9.88 Å². The molecule has 1 saturated heterocycles. The van der Waals surface area contributed by atoms with Gasteiger partial charge in [-0.2, -0.15) is 0 Å². The molecule has 1 aromatic heterocycles. The fraction of sp³-hybridized carbons (Fsp3) is 0.421. The SMILES string of the molecule is COc1cccc(C2(c3ccc(C)cn3)OCCN2C(C)C)c1. The van der Waals surface area contributed by atoms with E-state index in [0.29, 0.717) is 12.6 Å². The molecule has 0 N–H and O–H groups in total. The Morgan fingerprint density at radius 2 is 2.09 bits per heavy atom. The minimum atomic E-state index is -0.656. The molecule has 0 spiro atoms. The van der Waals surface area contributed by atoms with E-state index in [2.05, 4.69) is 41.9 Å². The van der Waals surface area contributed by atoms with Crippen molar-refractivity contribution in [2.75, 3.05) is 20.3 Å². The zero-order valence-electron chi connectivity index (χ0n) is 14.2. The van der Waals surface area contributed by atoms with E-state index in [9.17, 15) is 0 Å². The van der Waals surface area contributed by atoms with Crippen LogP contribution in [0.4, 0.5) is 0 Å². The van der Waals surface area contributed by atoms with Gasteiger partial charge in [-0.3, -0.25) is 9.88 Å². The monoisotopic (exact) mass is 312 g/mol. The first-order chi connectivity index (χ1) is 11.1. The first kappa shape index (κ1) is 16.0. The predicted octanol–water partition coefficient (Wildman–Crippen LogP) is 3.34. The number of hydrogen-bond donors (Lipinski definition) is 0. The van der Waals surface area contributed by atoms with Crippen LogP contribution < -0.4 is 4.74 Å². The standard InChI is InChI=1S/C19H24N2O2/c1-14(2)21-10-11-23-19(21,18-9-8-15(3)13-20-18)16-6-5-7-17(12-16)22-4/h5-9,12-14H,10-11H2,1-4H3. The largest absolute Gasteiger partial charge is 0.497 e. The molecule has 3 rings (SSSR count). The van der Waals surface area contributed by atoms with Crippen molar-refractivity contribution in [3.8, 4) is 5.75 Å². The summed E-state index contributed by atoms with van der Waals surface area (Å²) in [5.41, 5.74) is 2.46. The van der Waals surface area contributed by atoms with Gasteiger partial charge < -0.3 is 9.47 Å². The van der Waals surface area contributed by atoms with Crippen LogP contribution in [0.2, 0.25) is 0 Å². The molecular weight excluding hydrogens is 288 g/mol. The summed E-state index contributed by atoms with van der Waals surface area (Å²) >= 11 is 0. The van der Waals surface area contributed by atoms with Crippen LogP contribution in [0, 0.1) is 6.92 Å². The number of methoxy groups -OCH3 is 1. The van der Waals surface area contributed by atoms with Gasteiger partial charge >= 0.3 is 0 Å². The number of rotatable bonds is 4. The highest BCUT2D eigenvalue weighted by molar-refractivity contribution is 5.39. The van der Waals surface area contributed by atoms with Crippen molar-refractivity contribution in [1.29, 1.82) is 0 Å². The zero-order valence-corrected chi connectivity index (χ0v) is 14.2. The van der Waals surface area contributed by atoms with Crippen molar-refractivity contribution >= 4 is 0 Å². The molecule has 1 aliphatic heterocycles. The van der Waals surface area contributed by atoms with Crippen molar-refractivity contribution in [3.63, 3.8) is 0 Å². The molecule has 0 aliphatic carbocycles. The molecule has 23 heavy (non-hydrogen) atoms.